The quantitative estimate of drug-likeness (QED) is 0.639. The van der Waals surface area contributed by atoms with E-state index in [9.17, 15) is 0 Å². The molecule has 2 aliphatic rings. The monoisotopic (exact) mass is 410 g/mol. The molecule has 0 radical (unpaired) electrons. The van der Waals surface area contributed by atoms with Crippen LogP contribution in [0.15, 0.2) is 77.9 Å². The minimum Gasteiger partial charge on any atom is -0.322 e. The summed E-state index contributed by atoms with van der Waals surface area (Å²) in [5, 5.41) is 7.02. The predicted octanol–water partition coefficient (Wildman–Crippen LogP) is 4.29. The number of fused-ring (bicyclic) bond motifs is 3. The van der Waals surface area contributed by atoms with Gasteiger partial charge in [0.2, 0.25) is 0 Å². The van der Waals surface area contributed by atoms with Crippen molar-refractivity contribution in [2.45, 2.75) is 32.2 Å². The van der Waals surface area contributed by atoms with Gasteiger partial charge in [0.1, 0.15) is 6.04 Å². The van der Waals surface area contributed by atoms with Crippen LogP contribution in [0.4, 0.5) is 0 Å². The third kappa shape index (κ3) is 3.90. The molecule has 0 atom stereocenters. The lowest BCUT2D eigenvalue weighted by molar-refractivity contribution is -0.929. The number of hydrogen-bond acceptors (Lipinski definition) is 2. The van der Waals surface area contributed by atoms with Gasteiger partial charge in [0, 0.05) is 11.1 Å². The first-order valence-corrected chi connectivity index (χ1v) is 11.4. The van der Waals surface area contributed by atoms with E-state index in [1.54, 1.807) is 4.90 Å². The molecule has 0 unspecified atom stereocenters. The molecule has 3 nitrogen and oxygen atoms in total. The molecule has 3 aromatic rings. The standard InChI is InChI=1S/C28H31N3/c1-28(2,3)22-14-12-21(13-15-22)20-29-31-18-16-30(17-19-31)27-25-10-6-4-8-23(25)24-9-5-7-11-26(24)27/h4-15,20,27H,16-19H2,1-3H3/p+1/b29-20-. The van der Waals surface area contributed by atoms with Crippen molar-refractivity contribution in [1.82, 2.24) is 5.01 Å². The molecule has 1 fully saturated rings. The van der Waals surface area contributed by atoms with Crippen molar-refractivity contribution in [3.8, 4) is 11.1 Å². The molecular formula is C28H32N3+. The summed E-state index contributed by atoms with van der Waals surface area (Å²) >= 11 is 0. The highest BCUT2D eigenvalue weighted by molar-refractivity contribution is 5.79. The summed E-state index contributed by atoms with van der Waals surface area (Å²) in [5.74, 6) is 0. The molecule has 1 aliphatic carbocycles. The summed E-state index contributed by atoms with van der Waals surface area (Å²) in [6, 6.07) is 27.1. The Bertz CT molecular complexity index is 1040. The second-order valence-corrected chi connectivity index (χ2v) is 9.84. The van der Waals surface area contributed by atoms with E-state index in [-0.39, 0.29) is 5.41 Å². The van der Waals surface area contributed by atoms with Crippen LogP contribution in [0.5, 0.6) is 0 Å². The van der Waals surface area contributed by atoms with Crippen LogP contribution in [0.25, 0.3) is 11.1 Å². The maximum absolute atomic E-state index is 4.79. The smallest absolute Gasteiger partial charge is 0.140 e. The minimum atomic E-state index is 0.187. The highest BCUT2D eigenvalue weighted by Gasteiger charge is 2.37. The van der Waals surface area contributed by atoms with Crippen molar-refractivity contribution >= 4 is 6.21 Å². The molecule has 1 N–H and O–H groups in total. The number of hydrazone groups is 1. The van der Waals surface area contributed by atoms with E-state index in [4.69, 9.17) is 5.10 Å². The van der Waals surface area contributed by atoms with Gasteiger partial charge in [-0.1, -0.05) is 93.6 Å². The van der Waals surface area contributed by atoms with Gasteiger partial charge in [-0.05, 0) is 27.7 Å². The Balaban J connectivity index is 1.27. The fourth-order valence-electron chi connectivity index (χ4n) is 5.00. The zero-order valence-electron chi connectivity index (χ0n) is 18.8. The molecule has 158 valence electrons. The minimum absolute atomic E-state index is 0.187. The van der Waals surface area contributed by atoms with Crippen LogP contribution in [-0.4, -0.2) is 37.4 Å². The molecule has 0 spiro atoms. The van der Waals surface area contributed by atoms with E-state index in [1.807, 2.05) is 6.21 Å². The van der Waals surface area contributed by atoms with Gasteiger partial charge in [-0.3, -0.25) is 5.01 Å². The third-order valence-electron chi connectivity index (χ3n) is 6.77. The molecule has 0 amide bonds. The van der Waals surface area contributed by atoms with E-state index in [0.717, 1.165) is 26.2 Å². The van der Waals surface area contributed by atoms with Gasteiger partial charge in [-0.15, -0.1) is 0 Å². The Morgan fingerprint density at radius 2 is 1.35 bits per heavy atom. The third-order valence-corrected chi connectivity index (χ3v) is 6.77. The molecule has 3 aromatic carbocycles. The van der Waals surface area contributed by atoms with E-state index in [1.165, 1.54) is 33.4 Å². The topological polar surface area (TPSA) is 20.0 Å². The van der Waals surface area contributed by atoms with Gasteiger partial charge < -0.3 is 4.90 Å². The van der Waals surface area contributed by atoms with Gasteiger partial charge in [0.05, 0.1) is 32.4 Å². The van der Waals surface area contributed by atoms with Gasteiger partial charge >= 0.3 is 0 Å². The average Bonchev–Trinajstić information content (AvgIpc) is 3.12. The van der Waals surface area contributed by atoms with Crippen molar-refractivity contribution in [1.29, 1.82) is 0 Å². The molecular weight excluding hydrogens is 378 g/mol. The lowest BCUT2D eigenvalue weighted by Crippen LogP contribution is -3.14. The Morgan fingerprint density at radius 1 is 0.806 bits per heavy atom. The molecule has 0 saturated carbocycles. The van der Waals surface area contributed by atoms with E-state index in [2.05, 4.69) is 98.6 Å². The number of nitrogens with one attached hydrogen (secondary N) is 1. The molecule has 3 heteroatoms. The first kappa shape index (κ1) is 20.0. The highest BCUT2D eigenvalue weighted by Crippen LogP contribution is 2.41. The molecule has 1 saturated heterocycles. The molecule has 1 aliphatic heterocycles. The van der Waals surface area contributed by atoms with Crippen LogP contribution < -0.4 is 4.90 Å². The molecule has 5 rings (SSSR count). The fraction of sp³-hybridized carbons (Fsp3) is 0.321. The summed E-state index contributed by atoms with van der Waals surface area (Å²) in [7, 11) is 0. The molecule has 0 aromatic heterocycles. The highest BCUT2D eigenvalue weighted by atomic mass is 15.5. The van der Waals surface area contributed by atoms with Gasteiger partial charge in [-0.25, -0.2) is 0 Å². The second-order valence-electron chi connectivity index (χ2n) is 9.84. The largest absolute Gasteiger partial charge is 0.322 e. The lowest BCUT2D eigenvalue weighted by atomic mass is 9.87. The first-order chi connectivity index (χ1) is 15.0. The van der Waals surface area contributed by atoms with E-state index >= 15 is 0 Å². The fourth-order valence-corrected chi connectivity index (χ4v) is 5.00. The van der Waals surface area contributed by atoms with Gasteiger partial charge in [-0.2, -0.15) is 5.10 Å². The number of hydrogen-bond donors (Lipinski definition) is 1. The molecule has 0 bridgehead atoms. The normalized spacial score (nSPS) is 17.2. The predicted molar refractivity (Wildman–Crippen MR) is 129 cm³/mol. The average molecular weight is 411 g/mol. The van der Waals surface area contributed by atoms with Crippen molar-refractivity contribution in [3.05, 3.63) is 95.1 Å². The van der Waals surface area contributed by atoms with Crippen molar-refractivity contribution in [2.24, 2.45) is 5.10 Å². The number of benzene rings is 3. The molecule has 31 heavy (non-hydrogen) atoms. The van der Waals surface area contributed by atoms with Crippen molar-refractivity contribution < 1.29 is 4.90 Å². The Hall–Kier alpha value is -2.91. The lowest BCUT2D eigenvalue weighted by Gasteiger charge is -2.34. The van der Waals surface area contributed by atoms with E-state index in [0.29, 0.717) is 6.04 Å². The summed E-state index contributed by atoms with van der Waals surface area (Å²) < 4.78 is 0. The van der Waals surface area contributed by atoms with E-state index < -0.39 is 0 Å². The van der Waals surface area contributed by atoms with Crippen molar-refractivity contribution in [2.75, 3.05) is 26.2 Å². The Kier molecular flexibility index (Phi) is 5.15. The number of piperazine rings is 1. The Labute approximate surface area is 186 Å². The van der Waals surface area contributed by atoms with Gasteiger partial charge in [0.15, 0.2) is 0 Å². The summed E-state index contributed by atoms with van der Waals surface area (Å²) in [6.07, 6.45) is 2.01. The van der Waals surface area contributed by atoms with Crippen LogP contribution in [-0.2, 0) is 5.41 Å². The second kappa shape index (κ2) is 7.97. The van der Waals surface area contributed by atoms with Crippen LogP contribution in [0.1, 0.15) is 49.1 Å². The van der Waals surface area contributed by atoms with Crippen LogP contribution >= 0.6 is 0 Å². The Morgan fingerprint density at radius 3 is 1.90 bits per heavy atom. The number of nitrogens with zero attached hydrogens (tertiary/aromatic N) is 2. The maximum atomic E-state index is 4.79. The van der Waals surface area contributed by atoms with Crippen LogP contribution in [0.3, 0.4) is 0 Å². The zero-order valence-corrected chi connectivity index (χ0v) is 18.8. The first-order valence-electron chi connectivity index (χ1n) is 11.4. The number of quaternary nitrogens is 1. The maximum Gasteiger partial charge on any atom is 0.140 e. The van der Waals surface area contributed by atoms with Crippen LogP contribution in [0, 0.1) is 0 Å². The summed E-state index contributed by atoms with van der Waals surface area (Å²) in [5.41, 5.74) is 8.50. The summed E-state index contributed by atoms with van der Waals surface area (Å²) in [6.45, 7) is 10.9. The SMILES string of the molecule is CC(C)(C)c1ccc(/C=N\N2CC[NH+](C3c4ccccc4-c4ccccc43)CC2)cc1. The number of rotatable bonds is 3. The zero-order chi connectivity index (χ0) is 21.4. The van der Waals surface area contributed by atoms with Crippen LogP contribution in [0.2, 0.25) is 0 Å². The van der Waals surface area contributed by atoms with Crippen molar-refractivity contribution in [3.63, 3.8) is 0 Å². The molecule has 1 heterocycles. The van der Waals surface area contributed by atoms with Gasteiger partial charge in [0.25, 0.3) is 0 Å². The summed E-state index contributed by atoms with van der Waals surface area (Å²) in [4.78, 5) is 1.65.